The Labute approximate surface area is 156 Å². The molecule has 2 aromatic carbocycles. The molecule has 0 radical (unpaired) electrons. The Balaban J connectivity index is 1.70. The van der Waals surface area contributed by atoms with E-state index in [1.54, 1.807) is 17.8 Å². The van der Waals surface area contributed by atoms with E-state index >= 15 is 0 Å². The van der Waals surface area contributed by atoms with Gasteiger partial charge in [-0.1, -0.05) is 30.3 Å². The van der Waals surface area contributed by atoms with Crippen LogP contribution in [-0.2, 0) is 23.1 Å². The van der Waals surface area contributed by atoms with Gasteiger partial charge in [0, 0.05) is 31.1 Å². The van der Waals surface area contributed by atoms with Gasteiger partial charge >= 0.3 is 0 Å². The van der Waals surface area contributed by atoms with Crippen LogP contribution in [0, 0.1) is 17.0 Å². The number of nitro groups is 1. The second-order valence-corrected chi connectivity index (χ2v) is 7.79. The molecule has 8 nitrogen and oxygen atoms in total. The van der Waals surface area contributed by atoms with Gasteiger partial charge in [0.05, 0.1) is 16.4 Å². The molecule has 0 unspecified atom stereocenters. The Bertz CT molecular complexity index is 1050. The molecule has 0 bridgehead atoms. The van der Waals surface area contributed by atoms with E-state index in [0.717, 1.165) is 17.2 Å². The molecule has 140 valence electrons. The van der Waals surface area contributed by atoms with Crippen molar-refractivity contribution >= 4 is 15.7 Å². The normalized spacial score (nSPS) is 11.4. The van der Waals surface area contributed by atoms with Crippen molar-refractivity contribution in [3.8, 4) is 0 Å². The lowest BCUT2D eigenvalue weighted by atomic mass is 10.1. The average molecular weight is 386 g/mol. The summed E-state index contributed by atoms with van der Waals surface area (Å²) >= 11 is 0. The number of nitro benzene ring substituents is 1. The molecular formula is C18H18N4O4S. The summed E-state index contributed by atoms with van der Waals surface area (Å²) in [5.74, 6) is 0. The minimum Gasteiger partial charge on any atom is -0.268 e. The maximum atomic E-state index is 12.5. The molecule has 0 aliphatic rings. The fourth-order valence-electron chi connectivity index (χ4n) is 2.59. The van der Waals surface area contributed by atoms with Crippen LogP contribution in [0.4, 0.5) is 5.69 Å². The van der Waals surface area contributed by atoms with E-state index in [2.05, 4.69) is 9.82 Å². The number of hydrogen-bond donors (Lipinski definition) is 1. The monoisotopic (exact) mass is 386 g/mol. The Kier molecular flexibility index (Phi) is 5.33. The van der Waals surface area contributed by atoms with Crippen LogP contribution in [0.1, 0.15) is 16.7 Å². The van der Waals surface area contributed by atoms with Gasteiger partial charge in [0.15, 0.2) is 0 Å². The summed E-state index contributed by atoms with van der Waals surface area (Å²) in [5, 5.41) is 15.0. The van der Waals surface area contributed by atoms with Gasteiger partial charge in [-0.15, -0.1) is 0 Å². The van der Waals surface area contributed by atoms with Gasteiger partial charge in [0.2, 0.25) is 10.0 Å². The van der Waals surface area contributed by atoms with Crippen LogP contribution in [0.25, 0.3) is 0 Å². The summed E-state index contributed by atoms with van der Waals surface area (Å²) in [7, 11) is -3.86. The third-order valence-electron chi connectivity index (χ3n) is 4.07. The van der Waals surface area contributed by atoms with Crippen LogP contribution in [-0.4, -0.2) is 23.1 Å². The summed E-state index contributed by atoms with van der Waals surface area (Å²) in [6, 6.07) is 13.1. The zero-order chi connectivity index (χ0) is 19.4. The minimum absolute atomic E-state index is 0.0898. The van der Waals surface area contributed by atoms with Crippen molar-refractivity contribution in [2.24, 2.45) is 0 Å². The molecule has 0 atom stereocenters. The average Bonchev–Trinajstić information content (AvgIpc) is 3.14. The van der Waals surface area contributed by atoms with Crippen LogP contribution in [0.2, 0.25) is 0 Å². The van der Waals surface area contributed by atoms with E-state index in [1.165, 1.54) is 12.1 Å². The van der Waals surface area contributed by atoms with Gasteiger partial charge in [-0.2, -0.15) is 5.10 Å². The molecule has 3 aromatic rings. The van der Waals surface area contributed by atoms with Crippen LogP contribution in [0.15, 0.2) is 65.8 Å². The van der Waals surface area contributed by atoms with Crippen LogP contribution in [0.5, 0.6) is 0 Å². The molecule has 0 amide bonds. The topological polar surface area (TPSA) is 107 Å². The second-order valence-electron chi connectivity index (χ2n) is 6.05. The Hall–Kier alpha value is -3.04. The molecule has 1 aromatic heterocycles. The predicted molar refractivity (Wildman–Crippen MR) is 99.6 cm³/mol. The molecule has 0 fully saturated rings. The van der Waals surface area contributed by atoms with E-state index in [9.17, 15) is 18.5 Å². The number of rotatable bonds is 7. The minimum atomic E-state index is -3.86. The maximum Gasteiger partial charge on any atom is 0.270 e. The number of nitrogens with one attached hydrogen (secondary N) is 1. The number of aromatic nitrogens is 2. The van der Waals surface area contributed by atoms with Gasteiger partial charge in [-0.25, -0.2) is 13.1 Å². The van der Waals surface area contributed by atoms with E-state index in [-0.39, 0.29) is 17.1 Å². The fraction of sp³-hybridized carbons (Fsp3) is 0.167. The van der Waals surface area contributed by atoms with Gasteiger partial charge < -0.3 is 0 Å². The van der Waals surface area contributed by atoms with Crippen LogP contribution in [0.3, 0.4) is 0 Å². The lowest BCUT2D eigenvalue weighted by Crippen LogP contribution is -2.24. The lowest BCUT2D eigenvalue weighted by Gasteiger charge is -2.10. The summed E-state index contributed by atoms with van der Waals surface area (Å²) in [6.07, 6.45) is 3.57. The first-order valence-electron chi connectivity index (χ1n) is 8.15. The Morgan fingerprint density at radius 2 is 1.85 bits per heavy atom. The summed E-state index contributed by atoms with van der Waals surface area (Å²) in [6.45, 7) is 2.32. The standard InChI is InChI=1S/C18H18N4O4S/c1-14-3-8-17(22(23)24)11-18(14)27(25,26)20-12-15-4-6-16(7-5-15)13-21-10-2-9-19-21/h2-11,20H,12-13H2,1H3. The highest BCUT2D eigenvalue weighted by atomic mass is 32.2. The van der Waals surface area contributed by atoms with Crippen molar-refractivity contribution in [1.29, 1.82) is 0 Å². The Morgan fingerprint density at radius 1 is 1.15 bits per heavy atom. The zero-order valence-electron chi connectivity index (χ0n) is 14.6. The molecule has 27 heavy (non-hydrogen) atoms. The highest BCUT2D eigenvalue weighted by Gasteiger charge is 2.20. The largest absolute Gasteiger partial charge is 0.270 e. The Morgan fingerprint density at radius 3 is 2.48 bits per heavy atom. The van der Waals surface area contributed by atoms with Gasteiger partial charge in [0.25, 0.3) is 5.69 Å². The van der Waals surface area contributed by atoms with Crippen LogP contribution >= 0.6 is 0 Å². The molecule has 0 aliphatic heterocycles. The molecule has 0 spiro atoms. The maximum absolute atomic E-state index is 12.5. The van der Waals surface area contributed by atoms with Gasteiger partial charge in [-0.05, 0) is 29.7 Å². The van der Waals surface area contributed by atoms with Gasteiger partial charge in [-0.3, -0.25) is 14.8 Å². The molecule has 1 N–H and O–H groups in total. The van der Waals surface area contributed by atoms with E-state index in [0.29, 0.717) is 12.1 Å². The number of non-ortho nitro benzene ring substituents is 1. The van der Waals surface area contributed by atoms with Crippen molar-refractivity contribution in [3.63, 3.8) is 0 Å². The predicted octanol–water partition coefficient (Wildman–Crippen LogP) is 2.63. The van der Waals surface area contributed by atoms with E-state index in [1.807, 2.05) is 36.5 Å². The second kappa shape index (κ2) is 7.68. The first-order chi connectivity index (χ1) is 12.8. The number of hydrogen-bond acceptors (Lipinski definition) is 5. The number of sulfonamides is 1. The van der Waals surface area contributed by atoms with E-state index in [4.69, 9.17) is 0 Å². The van der Waals surface area contributed by atoms with Gasteiger partial charge in [0.1, 0.15) is 0 Å². The number of benzene rings is 2. The highest BCUT2D eigenvalue weighted by molar-refractivity contribution is 7.89. The fourth-order valence-corrected chi connectivity index (χ4v) is 3.87. The van der Waals surface area contributed by atoms with Crippen LogP contribution < -0.4 is 4.72 Å². The lowest BCUT2D eigenvalue weighted by molar-refractivity contribution is -0.385. The molecule has 0 saturated heterocycles. The summed E-state index contributed by atoms with van der Waals surface area (Å²) in [5.41, 5.74) is 2.01. The molecule has 0 aliphatic carbocycles. The third-order valence-corrected chi connectivity index (χ3v) is 5.61. The van der Waals surface area contributed by atoms with E-state index < -0.39 is 14.9 Å². The van der Waals surface area contributed by atoms with Crippen molar-refractivity contribution in [2.75, 3.05) is 0 Å². The number of nitrogens with zero attached hydrogens (tertiary/aromatic N) is 3. The molecule has 0 saturated carbocycles. The first-order valence-corrected chi connectivity index (χ1v) is 9.63. The summed E-state index contributed by atoms with van der Waals surface area (Å²) < 4.78 is 29.4. The molecule has 3 rings (SSSR count). The SMILES string of the molecule is Cc1ccc([N+](=O)[O-])cc1S(=O)(=O)NCc1ccc(Cn2cccn2)cc1. The first kappa shape index (κ1) is 18.7. The molecule has 1 heterocycles. The summed E-state index contributed by atoms with van der Waals surface area (Å²) in [4.78, 5) is 10.2. The van der Waals surface area contributed by atoms with Crippen molar-refractivity contribution in [2.45, 2.75) is 24.9 Å². The smallest absolute Gasteiger partial charge is 0.268 e. The van der Waals surface area contributed by atoms with Crippen molar-refractivity contribution in [3.05, 3.63) is 87.7 Å². The van der Waals surface area contributed by atoms with Crippen molar-refractivity contribution in [1.82, 2.24) is 14.5 Å². The highest BCUT2D eigenvalue weighted by Crippen LogP contribution is 2.21. The molecular weight excluding hydrogens is 368 g/mol. The van der Waals surface area contributed by atoms with Crippen molar-refractivity contribution < 1.29 is 13.3 Å². The molecule has 9 heteroatoms. The number of aryl methyl sites for hydroxylation is 1. The third kappa shape index (κ3) is 4.57. The quantitative estimate of drug-likeness (QED) is 0.496. The zero-order valence-corrected chi connectivity index (χ0v) is 15.4.